The number of hydrazone groups is 1. The molecule has 1 amide bonds. The fraction of sp³-hybridized carbons (Fsp3) is 0.529. The predicted octanol–water partition coefficient (Wildman–Crippen LogP) is 3.49. The van der Waals surface area contributed by atoms with Gasteiger partial charge in [-0.25, -0.2) is 0 Å². The van der Waals surface area contributed by atoms with Gasteiger partial charge in [-0.3, -0.25) is 4.79 Å². The van der Waals surface area contributed by atoms with Crippen LogP contribution in [0.15, 0.2) is 29.4 Å². The van der Waals surface area contributed by atoms with Crippen LogP contribution in [0.4, 0.5) is 13.2 Å². The van der Waals surface area contributed by atoms with E-state index in [0.717, 1.165) is 5.56 Å². The Hall–Kier alpha value is -1.89. The van der Waals surface area contributed by atoms with Crippen LogP contribution in [0.3, 0.4) is 0 Å². The van der Waals surface area contributed by atoms with Crippen molar-refractivity contribution in [1.82, 2.24) is 5.01 Å². The number of carbonyl (C=O) groups excluding carboxylic acids is 1. The van der Waals surface area contributed by atoms with Crippen LogP contribution in [-0.2, 0) is 0 Å². The van der Waals surface area contributed by atoms with Crippen LogP contribution >= 0.6 is 0 Å². The summed E-state index contributed by atoms with van der Waals surface area (Å²) in [4.78, 5) is 12.7. The van der Waals surface area contributed by atoms with E-state index in [2.05, 4.69) is 5.10 Å². The van der Waals surface area contributed by atoms with Gasteiger partial charge in [-0.05, 0) is 37.8 Å². The van der Waals surface area contributed by atoms with Crippen molar-refractivity contribution < 1.29 is 23.1 Å². The second-order valence-electron chi connectivity index (χ2n) is 6.62. The van der Waals surface area contributed by atoms with Gasteiger partial charge in [0, 0.05) is 11.3 Å². The number of aliphatic hydroxyl groups is 1. The number of aryl methyl sites for hydroxylation is 1. The Morgan fingerprint density at radius 1 is 1.38 bits per heavy atom. The van der Waals surface area contributed by atoms with E-state index in [4.69, 9.17) is 0 Å². The van der Waals surface area contributed by atoms with Crippen LogP contribution in [0.25, 0.3) is 0 Å². The molecule has 0 radical (unpaired) electrons. The third-order valence-corrected chi connectivity index (χ3v) is 4.89. The normalized spacial score (nSPS) is 30.1. The highest BCUT2D eigenvalue weighted by atomic mass is 19.4. The lowest BCUT2D eigenvalue weighted by Crippen LogP contribution is -2.61. The molecule has 7 heteroatoms. The largest absolute Gasteiger partial charge is 0.439 e. The van der Waals surface area contributed by atoms with Crippen LogP contribution in [0, 0.1) is 18.8 Å². The van der Waals surface area contributed by atoms with Gasteiger partial charge in [0.05, 0.1) is 5.92 Å². The number of benzene rings is 1. The average Bonchev–Trinajstić information content (AvgIpc) is 2.82. The molecule has 1 heterocycles. The number of nitrogens with zero attached hydrogens (tertiary/aromatic N) is 2. The molecular formula is C17H19F3N2O2. The van der Waals surface area contributed by atoms with Gasteiger partial charge in [-0.2, -0.15) is 23.3 Å². The fourth-order valence-corrected chi connectivity index (χ4v) is 3.60. The molecule has 0 aromatic heterocycles. The number of hydrogen-bond acceptors (Lipinski definition) is 3. The Morgan fingerprint density at radius 3 is 2.71 bits per heavy atom. The third kappa shape index (κ3) is 2.42. The minimum absolute atomic E-state index is 0.0772. The summed E-state index contributed by atoms with van der Waals surface area (Å²) >= 11 is 0. The molecule has 1 saturated carbocycles. The molecule has 1 aliphatic carbocycles. The minimum Gasteiger partial charge on any atom is -0.362 e. The van der Waals surface area contributed by atoms with Gasteiger partial charge < -0.3 is 5.11 Å². The van der Waals surface area contributed by atoms with Crippen LogP contribution in [0.2, 0.25) is 0 Å². The van der Waals surface area contributed by atoms with Gasteiger partial charge in [0.1, 0.15) is 0 Å². The number of halogens is 3. The van der Waals surface area contributed by atoms with Crippen LogP contribution < -0.4 is 0 Å². The van der Waals surface area contributed by atoms with Crippen LogP contribution in [-0.4, -0.2) is 33.6 Å². The Kier molecular flexibility index (Phi) is 3.94. The molecule has 1 fully saturated rings. The van der Waals surface area contributed by atoms with E-state index in [9.17, 15) is 23.1 Å². The van der Waals surface area contributed by atoms with Gasteiger partial charge in [0.25, 0.3) is 11.6 Å². The zero-order valence-corrected chi connectivity index (χ0v) is 13.5. The third-order valence-electron chi connectivity index (χ3n) is 4.89. The first kappa shape index (κ1) is 17.0. The number of hydrogen-bond donors (Lipinski definition) is 1. The zero-order chi connectivity index (χ0) is 17.7. The van der Waals surface area contributed by atoms with Crippen molar-refractivity contribution in [3.8, 4) is 0 Å². The first-order valence-corrected chi connectivity index (χ1v) is 7.95. The molecule has 1 aromatic rings. The van der Waals surface area contributed by atoms with E-state index in [1.165, 1.54) is 12.1 Å². The molecule has 24 heavy (non-hydrogen) atoms. The van der Waals surface area contributed by atoms with E-state index in [1.54, 1.807) is 26.0 Å². The first-order valence-electron chi connectivity index (χ1n) is 7.95. The molecule has 3 rings (SSSR count). The summed E-state index contributed by atoms with van der Waals surface area (Å²) in [6.07, 6.45) is -3.55. The van der Waals surface area contributed by atoms with Gasteiger partial charge >= 0.3 is 6.18 Å². The second-order valence-corrected chi connectivity index (χ2v) is 6.62. The highest BCUT2D eigenvalue weighted by Gasteiger charge is 2.69. The molecule has 0 saturated heterocycles. The molecule has 1 aliphatic heterocycles. The van der Waals surface area contributed by atoms with Gasteiger partial charge in [0.15, 0.2) is 0 Å². The maximum atomic E-state index is 13.7. The lowest BCUT2D eigenvalue weighted by atomic mass is 9.75. The fourth-order valence-electron chi connectivity index (χ4n) is 3.60. The quantitative estimate of drug-likeness (QED) is 0.851. The van der Waals surface area contributed by atoms with Crippen LogP contribution in [0.1, 0.15) is 42.1 Å². The maximum Gasteiger partial charge on any atom is 0.439 e. The summed E-state index contributed by atoms with van der Waals surface area (Å²) in [7, 11) is 0. The molecular weight excluding hydrogens is 321 g/mol. The first-order chi connectivity index (χ1) is 11.2. The highest BCUT2D eigenvalue weighted by molar-refractivity contribution is 6.00. The summed E-state index contributed by atoms with van der Waals surface area (Å²) < 4.78 is 41.2. The van der Waals surface area contributed by atoms with Crippen molar-refractivity contribution >= 4 is 11.6 Å². The van der Waals surface area contributed by atoms with E-state index < -0.39 is 23.7 Å². The minimum atomic E-state index is -4.99. The molecule has 0 unspecified atom stereocenters. The molecule has 4 nitrogen and oxygen atoms in total. The Balaban J connectivity index is 2.08. The SMILES string of the molecule is Cc1cccc(C(=O)N2N=C3[C@H](C)CCC[C@H]3[C@]2(O)C(F)(F)F)c1. The van der Waals surface area contributed by atoms with E-state index >= 15 is 0 Å². The molecule has 1 aromatic carbocycles. The Morgan fingerprint density at radius 2 is 2.08 bits per heavy atom. The molecule has 130 valence electrons. The topological polar surface area (TPSA) is 52.9 Å². The summed E-state index contributed by atoms with van der Waals surface area (Å²) in [5, 5.41) is 14.8. The number of amides is 1. The van der Waals surface area contributed by atoms with Crippen molar-refractivity contribution in [3.05, 3.63) is 35.4 Å². The smallest absolute Gasteiger partial charge is 0.362 e. The van der Waals surface area contributed by atoms with E-state index in [0.29, 0.717) is 12.8 Å². The molecule has 0 spiro atoms. The zero-order valence-electron chi connectivity index (χ0n) is 13.5. The Bertz CT molecular complexity index is 701. The molecule has 1 N–H and O–H groups in total. The van der Waals surface area contributed by atoms with E-state index in [-0.39, 0.29) is 28.6 Å². The lowest BCUT2D eigenvalue weighted by molar-refractivity contribution is -0.312. The van der Waals surface area contributed by atoms with Crippen molar-refractivity contribution in [2.45, 2.75) is 45.0 Å². The van der Waals surface area contributed by atoms with Crippen molar-refractivity contribution in [2.24, 2.45) is 16.9 Å². The molecule has 3 atom stereocenters. The summed E-state index contributed by atoms with van der Waals surface area (Å²) in [6.45, 7) is 3.52. The summed E-state index contributed by atoms with van der Waals surface area (Å²) in [6, 6.07) is 6.25. The second kappa shape index (κ2) is 5.58. The summed E-state index contributed by atoms with van der Waals surface area (Å²) in [5.41, 5.74) is -2.19. The van der Waals surface area contributed by atoms with Gasteiger partial charge in [0.2, 0.25) is 0 Å². The van der Waals surface area contributed by atoms with Crippen LogP contribution in [0.5, 0.6) is 0 Å². The molecule has 2 aliphatic rings. The molecule has 0 bridgehead atoms. The number of fused-ring (bicyclic) bond motifs is 1. The number of carbonyl (C=O) groups is 1. The lowest BCUT2D eigenvalue weighted by Gasteiger charge is -2.39. The Labute approximate surface area is 138 Å². The van der Waals surface area contributed by atoms with Crippen molar-refractivity contribution in [2.75, 3.05) is 0 Å². The monoisotopic (exact) mass is 340 g/mol. The van der Waals surface area contributed by atoms with Crippen molar-refractivity contribution in [1.29, 1.82) is 0 Å². The average molecular weight is 340 g/mol. The standard InChI is InChI=1S/C17H19F3N2O2/c1-10-5-3-7-12(9-10)15(23)22-16(24,17(18,19)20)13-8-4-6-11(2)14(13)21-22/h3,5,7,9,11,13,24H,4,6,8H2,1-2H3/t11-,13-,16+/m1/s1. The van der Waals surface area contributed by atoms with Gasteiger partial charge in [-0.15, -0.1) is 0 Å². The van der Waals surface area contributed by atoms with E-state index in [1.807, 2.05) is 0 Å². The van der Waals surface area contributed by atoms with Crippen molar-refractivity contribution in [3.63, 3.8) is 0 Å². The highest BCUT2D eigenvalue weighted by Crippen LogP contribution is 2.49. The van der Waals surface area contributed by atoms with Gasteiger partial charge in [-0.1, -0.05) is 31.0 Å². The number of rotatable bonds is 1. The maximum absolute atomic E-state index is 13.7. The summed E-state index contributed by atoms with van der Waals surface area (Å²) in [5.74, 6) is -2.32. The number of alkyl halides is 3. The predicted molar refractivity (Wildman–Crippen MR) is 82.3 cm³/mol.